The van der Waals surface area contributed by atoms with E-state index < -0.39 is 0 Å². The molecule has 24 heavy (non-hydrogen) atoms. The molecule has 2 rings (SSSR count). The predicted molar refractivity (Wildman–Crippen MR) is 96.9 cm³/mol. The van der Waals surface area contributed by atoms with E-state index >= 15 is 0 Å². The molecule has 0 unspecified atom stereocenters. The maximum Gasteiger partial charge on any atom is 0.221 e. The summed E-state index contributed by atoms with van der Waals surface area (Å²) in [5.74, 6) is 0.130. The first-order valence-electron chi connectivity index (χ1n) is 8.99. The highest BCUT2D eigenvalue weighted by molar-refractivity contribution is 5.76. The average molecular weight is 333 g/mol. The van der Waals surface area contributed by atoms with Crippen molar-refractivity contribution in [2.24, 2.45) is 0 Å². The number of hydrogen-bond acceptors (Lipinski definition) is 4. The van der Waals surface area contributed by atoms with Crippen LogP contribution in [0, 0.1) is 0 Å². The zero-order valence-electron chi connectivity index (χ0n) is 14.9. The van der Waals surface area contributed by atoms with Crippen LogP contribution in [-0.2, 0) is 11.2 Å². The number of nitrogens with one attached hydrogen (secondary N) is 1. The molecule has 1 aliphatic rings. The third-order valence-corrected chi connectivity index (χ3v) is 4.58. The van der Waals surface area contributed by atoms with Gasteiger partial charge in [-0.25, -0.2) is 0 Å². The van der Waals surface area contributed by atoms with Crippen molar-refractivity contribution in [3.63, 3.8) is 0 Å². The minimum absolute atomic E-state index is 0.130. The van der Waals surface area contributed by atoms with Gasteiger partial charge in [-0.2, -0.15) is 0 Å². The number of nitrogens with zero attached hydrogens (tertiary/aromatic N) is 2. The molecule has 0 bridgehead atoms. The van der Waals surface area contributed by atoms with Gasteiger partial charge < -0.3 is 15.3 Å². The molecule has 134 valence electrons. The molecule has 1 amide bonds. The summed E-state index contributed by atoms with van der Waals surface area (Å²) in [6.07, 6.45) is 1.15. The van der Waals surface area contributed by atoms with Gasteiger partial charge in [0.05, 0.1) is 6.10 Å². The summed E-state index contributed by atoms with van der Waals surface area (Å²) in [5, 5.41) is 12.5. The van der Waals surface area contributed by atoms with Crippen LogP contribution >= 0.6 is 0 Å². The summed E-state index contributed by atoms with van der Waals surface area (Å²) in [6.45, 7) is 9.15. The van der Waals surface area contributed by atoms with E-state index in [-0.39, 0.29) is 12.0 Å². The van der Waals surface area contributed by atoms with E-state index in [1.165, 1.54) is 5.56 Å². The van der Waals surface area contributed by atoms with Crippen LogP contribution in [0.25, 0.3) is 0 Å². The third-order valence-electron chi connectivity index (χ3n) is 4.58. The fourth-order valence-electron chi connectivity index (χ4n) is 3.22. The minimum Gasteiger partial charge on any atom is -0.392 e. The highest BCUT2D eigenvalue weighted by Crippen LogP contribution is 2.10. The Labute approximate surface area is 145 Å². The van der Waals surface area contributed by atoms with Gasteiger partial charge in [0.25, 0.3) is 0 Å². The van der Waals surface area contributed by atoms with Crippen LogP contribution in [-0.4, -0.2) is 72.2 Å². The number of carbonyl (C=O) groups excluding carboxylic acids is 1. The number of piperazine rings is 1. The van der Waals surface area contributed by atoms with Crippen molar-refractivity contribution >= 4 is 5.91 Å². The Bertz CT molecular complexity index is 493. The van der Waals surface area contributed by atoms with Crippen LogP contribution in [0.4, 0.5) is 0 Å². The fraction of sp³-hybridized carbons (Fsp3) is 0.632. The Balaban J connectivity index is 1.60. The molecule has 0 saturated carbocycles. The number of rotatable bonds is 8. The largest absolute Gasteiger partial charge is 0.392 e. The maximum absolute atomic E-state index is 12.0. The summed E-state index contributed by atoms with van der Waals surface area (Å²) < 4.78 is 0. The van der Waals surface area contributed by atoms with E-state index in [2.05, 4.69) is 34.2 Å². The summed E-state index contributed by atoms with van der Waals surface area (Å²) in [5.41, 5.74) is 1.25. The van der Waals surface area contributed by atoms with Crippen molar-refractivity contribution in [1.82, 2.24) is 15.1 Å². The zero-order chi connectivity index (χ0) is 17.4. The summed E-state index contributed by atoms with van der Waals surface area (Å²) in [6, 6.07) is 10.6. The van der Waals surface area contributed by atoms with Crippen LogP contribution in [0.3, 0.4) is 0 Å². The molecule has 1 heterocycles. The molecule has 2 N–H and O–H groups in total. The molecule has 1 aromatic carbocycles. The second-order valence-electron chi connectivity index (χ2n) is 6.83. The molecule has 5 heteroatoms. The van der Waals surface area contributed by atoms with Gasteiger partial charge in [0, 0.05) is 51.7 Å². The van der Waals surface area contributed by atoms with Crippen molar-refractivity contribution in [2.45, 2.75) is 38.8 Å². The van der Waals surface area contributed by atoms with Crippen molar-refractivity contribution in [1.29, 1.82) is 0 Å². The fourth-order valence-corrected chi connectivity index (χ4v) is 3.22. The van der Waals surface area contributed by atoms with E-state index in [0.717, 1.165) is 39.1 Å². The number of benzene rings is 1. The number of aliphatic hydroxyl groups is 1. The number of carbonyl (C=O) groups is 1. The lowest BCUT2D eigenvalue weighted by Gasteiger charge is -2.40. The van der Waals surface area contributed by atoms with Gasteiger partial charge in [0.1, 0.15) is 0 Å². The number of hydrogen-bond donors (Lipinski definition) is 2. The zero-order valence-corrected chi connectivity index (χ0v) is 14.9. The minimum atomic E-state index is -0.283. The average Bonchev–Trinajstić information content (AvgIpc) is 2.56. The first-order valence-corrected chi connectivity index (χ1v) is 8.99. The quantitative estimate of drug-likeness (QED) is 0.749. The van der Waals surface area contributed by atoms with E-state index in [1.54, 1.807) is 0 Å². The third kappa shape index (κ3) is 6.59. The lowest BCUT2D eigenvalue weighted by molar-refractivity contribution is -0.121. The molecule has 1 aliphatic heterocycles. The van der Waals surface area contributed by atoms with Gasteiger partial charge in [-0.1, -0.05) is 30.3 Å². The Hall–Kier alpha value is -1.43. The normalized spacial score (nSPS) is 20.7. The van der Waals surface area contributed by atoms with Gasteiger partial charge in [0.15, 0.2) is 0 Å². The molecule has 0 spiro atoms. The van der Waals surface area contributed by atoms with Gasteiger partial charge in [-0.3, -0.25) is 9.69 Å². The predicted octanol–water partition coefficient (Wildman–Crippen LogP) is 1.12. The molecule has 2 atom stereocenters. The number of β-amino-alcohol motifs (C(OH)–C–C–N with tert-alkyl or cyclic N) is 1. The van der Waals surface area contributed by atoms with Crippen molar-refractivity contribution in [3.05, 3.63) is 35.9 Å². The van der Waals surface area contributed by atoms with Gasteiger partial charge >= 0.3 is 0 Å². The first kappa shape index (κ1) is 18.9. The summed E-state index contributed by atoms with van der Waals surface area (Å²) >= 11 is 0. The standard InChI is InChI=1S/C19H31N3O2/c1-16-14-21(12-13-22(16)15-17(2)23)11-9-19(24)20-10-8-18-6-4-3-5-7-18/h3-7,16-17,23H,8-15H2,1-2H3,(H,20,24)/t16-,17-/m0/s1. The maximum atomic E-state index is 12.0. The second kappa shape index (κ2) is 9.77. The molecule has 0 radical (unpaired) electrons. The highest BCUT2D eigenvalue weighted by Gasteiger charge is 2.24. The van der Waals surface area contributed by atoms with E-state index in [4.69, 9.17) is 0 Å². The molecule has 1 aromatic rings. The topological polar surface area (TPSA) is 55.8 Å². The van der Waals surface area contributed by atoms with E-state index in [0.29, 0.717) is 19.0 Å². The lowest BCUT2D eigenvalue weighted by atomic mass is 10.1. The second-order valence-corrected chi connectivity index (χ2v) is 6.83. The molecule has 1 saturated heterocycles. The molecule has 0 aliphatic carbocycles. The van der Waals surface area contributed by atoms with Crippen LogP contribution in [0.1, 0.15) is 25.8 Å². The molecule has 1 fully saturated rings. The Kier molecular flexibility index (Phi) is 7.69. The Morgan fingerprint density at radius 3 is 2.75 bits per heavy atom. The van der Waals surface area contributed by atoms with Crippen molar-refractivity contribution in [2.75, 3.05) is 39.3 Å². The molecular formula is C19H31N3O2. The molecule has 0 aromatic heterocycles. The highest BCUT2D eigenvalue weighted by atomic mass is 16.3. The summed E-state index contributed by atoms with van der Waals surface area (Å²) in [4.78, 5) is 16.7. The number of amides is 1. The Morgan fingerprint density at radius 1 is 1.33 bits per heavy atom. The van der Waals surface area contributed by atoms with Crippen LogP contribution in [0.5, 0.6) is 0 Å². The van der Waals surface area contributed by atoms with E-state index in [9.17, 15) is 9.90 Å². The first-order chi connectivity index (χ1) is 11.5. The Morgan fingerprint density at radius 2 is 2.08 bits per heavy atom. The smallest absolute Gasteiger partial charge is 0.221 e. The van der Waals surface area contributed by atoms with Gasteiger partial charge in [-0.15, -0.1) is 0 Å². The van der Waals surface area contributed by atoms with Crippen molar-refractivity contribution < 1.29 is 9.90 Å². The number of aliphatic hydroxyl groups excluding tert-OH is 1. The van der Waals surface area contributed by atoms with Gasteiger partial charge in [-0.05, 0) is 25.8 Å². The summed E-state index contributed by atoms with van der Waals surface area (Å²) in [7, 11) is 0. The lowest BCUT2D eigenvalue weighted by Crippen LogP contribution is -2.53. The monoisotopic (exact) mass is 333 g/mol. The molecular weight excluding hydrogens is 302 g/mol. The van der Waals surface area contributed by atoms with Crippen LogP contribution < -0.4 is 5.32 Å². The van der Waals surface area contributed by atoms with Crippen LogP contribution in [0.15, 0.2) is 30.3 Å². The van der Waals surface area contributed by atoms with Gasteiger partial charge in [0.2, 0.25) is 5.91 Å². The molecule has 5 nitrogen and oxygen atoms in total. The van der Waals surface area contributed by atoms with Crippen LogP contribution in [0.2, 0.25) is 0 Å². The SMILES string of the molecule is C[C@H](O)CN1CCN(CCC(=O)NCCc2ccccc2)C[C@@H]1C. The van der Waals surface area contributed by atoms with E-state index in [1.807, 2.05) is 25.1 Å². The van der Waals surface area contributed by atoms with Crippen molar-refractivity contribution in [3.8, 4) is 0 Å².